The van der Waals surface area contributed by atoms with Gasteiger partial charge in [-0.25, -0.2) is 4.39 Å². The number of methoxy groups -OCH3 is 1. The van der Waals surface area contributed by atoms with Crippen molar-refractivity contribution in [3.63, 3.8) is 0 Å². The molecule has 0 aliphatic carbocycles. The number of ether oxygens (including phenoxy) is 2. The van der Waals surface area contributed by atoms with Gasteiger partial charge in [0.25, 0.3) is 5.91 Å². The number of hydrogen-bond acceptors (Lipinski definition) is 3. The second-order valence-electron chi connectivity index (χ2n) is 7.35. The molecule has 0 spiro atoms. The standard InChI is InChI=1S/C26H28FNO3/c1-3-4-16-28(26(29)22-11-13-23(27)14-12-22)18-21-10-15-24(25(17-21)30-2)31-19-20-8-6-5-7-9-20/h5-15,17H,3-4,16,18-19H2,1-2H3. The van der Waals surface area contributed by atoms with Gasteiger partial charge >= 0.3 is 0 Å². The first-order valence-electron chi connectivity index (χ1n) is 10.5. The van der Waals surface area contributed by atoms with Crippen LogP contribution >= 0.6 is 0 Å². The van der Waals surface area contributed by atoms with Gasteiger partial charge in [-0.1, -0.05) is 49.7 Å². The molecule has 0 saturated carbocycles. The fraction of sp³-hybridized carbons (Fsp3) is 0.269. The minimum absolute atomic E-state index is 0.114. The Morgan fingerprint density at radius 2 is 1.68 bits per heavy atom. The lowest BCUT2D eigenvalue weighted by atomic mass is 10.1. The molecule has 0 heterocycles. The zero-order chi connectivity index (χ0) is 22.1. The van der Waals surface area contributed by atoms with Gasteiger partial charge in [0.2, 0.25) is 0 Å². The van der Waals surface area contributed by atoms with Crippen molar-refractivity contribution in [1.29, 1.82) is 0 Å². The second-order valence-corrected chi connectivity index (χ2v) is 7.35. The van der Waals surface area contributed by atoms with Crippen molar-refractivity contribution in [1.82, 2.24) is 4.90 Å². The van der Waals surface area contributed by atoms with E-state index < -0.39 is 0 Å². The highest BCUT2D eigenvalue weighted by molar-refractivity contribution is 5.94. The molecular formula is C26H28FNO3. The highest BCUT2D eigenvalue weighted by atomic mass is 19.1. The molecule has 0 fully saturated rings. The third kappa shape index (κ3) is 6.32. The van der Waals surface area contributed by atoms with Crippen LogP contribution in [0.1, 0.15) is 41.3 Å². The number of nitrogens with zero attached hydrogens (tertiary/aromatic N) is 1. The Balaban J connectivity index is 1.74. The number of unbranched alkanes of at least 4 members (excludes halogenated alkanes) is 1. The van der Waals surface area contributed by atoms with Crippen LogP contribution in [0.4, 0.5) is 4.39 Å². The first kappa shape index (κ1) is 22.3. The van der Waals surface area contributed by atoms with Crippen LogP contribution in [0.2, 0.25) is 0 Å². The van der Waals surface area contributed by atoms with Crippen molar-refractivity contribution in [2.75, 3.05) is 13.7 Å². The Bertz CT molecular complexity index is 974. The summed E-state index contributed by atoms with van der Waals surface area (Å²) in [6.45, 7) is 3.59. The molecule has 3 aromatic rings. The molecule has 0 radical (unpaired) electrons. The van der Waals surface area contributed by atoms with E-state index >= 15 is 0 Å². The molecule has 3 rings (SSSR count). The number of halogens is 1. The topological polar surface area (TPSA) is 38.8 Å². The van der Waals surface area contributed by atoms with E-state index in [4.69, 9.17) is 9.47 Å². The Kier molecular flexibility index (Phi) is 8.05. The van der Waals surface area contributed by atoms with Crippen LogP contribution in [0.15, 0.2) is 72.8 Å². The van der Waals surface area contributed by atoms with Crippen LogP contribution in [0.5, 0.6) is 11.5 Å². The van der Waals surface area contributed by atoms with Gasteiger partial charge in [-0.05, 0) is 53.9 Å². The summed E-state index contributed by atoms with van der Waals surface area (Å²) < 4.78 is 24.7. The molecule has 31 heavy (non-hydrogen) atoms. The number of carbonyl (C=O) groups is 1. The molecule has 0 aromatic heterocycles. The lowest BCUT2D eigenvalue weighted by molar-refractivity contribution is 0.0740. The summed E-state index contributed by atoms with van der Waals surface area (Å²) in [5.41, 5.74) is 2.49. The van der Waals surface area contributed by atoms with Crippen molar-refractivity contribution >= 4 is 5.91 Å². The van der Waals surface area contributed by atoms with Gasteiger partial charge in [-0.15, -0.1) is 0 Å². The van der Waals surface area contributed by atoms with Crippen LogP contribution in [0.25, 0.3) is 0 Å². The van der Waals surface area contributed by atoms with Gasteiger partial charge in [0, 0.05) is 18.7 Å². The summed E-state index contributed by atoms with van der Waals surface area (Å²) in [6, 6.07) is 21.3. The van der Waals surface area contributed by atoms with Crippen molar-refractivity contribution < 1.29 is 18.7 Å². The maximum atomic E-state index is 13.2. The number of rotatable bonds is 10. The molecular weight excluding hydrogens is 393 g/mol. The molecule has 1 amide bonds. The van der Waals surface area contributed by atoms with E-state index in [9.17, 15) is 9.18 Å². The summed E-state index contributed by atoms with van der Waals surface area (Å²) in [4.78, 5) is 14.8. The first-order chi connectivity index (χ1) is 15.1. The summed E-state index contributed by atoms with van der Waals surface area (Å²) in [5.74, 6) is 0.808. The van der Waals surface area contributed by atoms with Gasteiger partial charge in [-0.3, -0.25) is 4.79 Å². The summed E-state index contributed by atoms with van der Waals surface area (Å²) in [5, 5.41) is 0. The molecule has 0 bridgehead atoms. The van der Waals surface area contributed by atoms with Crippen molar-refractivity contribution in [3.05, 3.63) is 95.3 Å². The van der Waals surface area contributed by atoms with Gasteiger partial charge in [0.05, 0.1) is 7.11 Å². The molecule has 0 N–H and O–H groups in total. The fourth-order valence-corrected chi connectivity index (χ4v) is 3.26. The van der Waals surface area contributed by atoms with Crippen LogP contribution in [0, 0.1) is 5.82 Å². The van der Waals surface area contributed by atoms with Gasteiger partial charge in [-0.2, -0.15) is 0 Å². The van der Waals surface area contributed by atoms with Crippen molar-refractivity contribution in [3.8, 4) is 11.5 Å². The summed E-state index contributed by atoms with van der Waals surface area (Å²) in [6.07, 6.45) is 1.87. The molecule has 5 heteroatoms. The van der Waals surface area contributed by atoms with Crippen LogP contribution in [0.3, 0.4) is 0 Å². The second kappa shape index (κ2) is 11.2. The third-order valence-corrected chi connectivity index (χ3v) is 5.00. The van der Waals surface area contributed by atoms with Crippen molar-refractivity contribution in [2.24, 2.45) is 0 Å². The lowest BCUT2D eigenvalue weighted by Crippen LogP contribution is -2.31. The lowest BCUT2D eigenvalue weighted by Gasteiger charge is -2.23. The maximum absolute atomic E-state index is 13.2. The monoisotopic (exact) mass is 421 g/mol. The zero-order valence-corrected chi connectivity index (χ0v) is 18.0. The smallest absolute Gasteiger partial charge is 0.254 e. The molecule has 0 atom stereocenters. The third-order valence-electron chi connectivity index (χ3n) is 5.00. The number of carbonyl (C=O) groups excluding carboxylic acids is 1. The number of amides is 1. The highest BCUT2D eigenvalue weighted by Gasteiger charge is 2.17. The Morgan fingerprint density at radius 3 is 2.35 bits per heavy atom. The number of hydrogen-bond donors (Lipinski definition) is 0. The summed E-state index contributed by atoms with van der Waals surface area (Å²) in [7, 11) is 1.60. The van der Waals surface area contributed by atoms with Gasteiger partial charge in [0.15, 0.2) is 11.5 Å². The van der Waals surface area contributed by atoms with E-state index in [1.165, 1.54) is 24.3 Å². The van der Waals surface area contributed by atoms with Gasteiger partial charge in [0.1, 0.15) is 12.4 Å². The Morgan fingerprint density at radius 1 is 0.935 bits per heavy atom. The molecule has 0 unspecified atom stereocenters. The van der Waals surface area contributed by atoms with E-state index in [1.807, 2.05) is 48.5 Å². The molecule has 162 valence electrons. The number of benzene rings is 3. The quantitative estimate of drug-likeness (QED) is 0.412. The van der Waals surface area contributed by atoms with Crippen LogP contribution < -0.4 is 9.47 Å². The molecule has 0 saturated heterocycles. The molecule has 4 nitrogen and oxygen atoms in total. The van der Waals surface area contributed by atoms with E-state index in [0.29, 0.717) is 36.8 Å². The van der Waals surface area contributed by atoms with E-state index in [2.05, 4.69) is 6.92 Å². The Labute approximate surface area is 183 Å². The van der Waals surface area contributed by atoms with Crippen molar-refractivity contribution in [2.45, 2.75) is 32.9 Å². The minimum Gasteiger partial charge on any atom is -0.493 e. The minimum atomic E-state index is -0.354. The largest absolute Gasteiger partial charge is 0.493 e. The van der Waals surface area contributed by atoms with E-state index in [0.717, 1.165) is 24.0 Å². The van der Waals surface area contributed by atoms with Crippen LogP contribution in [-0.4, -0.2) is 24.5 Å². The Hall–Kier alpha value is -3.34. The average Bonchev–Trinajstić information content (AvgIpc) is 2.81. The normalized spacial score (nSPS) is 10.5. The predicted molar refractivity (Wildman–Crippen MR) is 120 cm³/mol. The fourth-order valence-electron chi connectivity index (χ4n) is 3.26. The maximum Gasteiger partial charge on any atom is 0.254 e. The summed E-state index contributed by atoms with van der Waals surface area (Å²) >= 11 is 0. The molecule has 3 aromatic carbocycles. The van der Waals surface area contributed by atoms with E-state index in [1.54, 1.807) is 12.0 Å². The van der Waals surface area contributed by atoms with Crippen LogP contribution in [-0.2, 0) is 13.2 Å². The van der Waals surface area contributed by atoms with Gasteiger partial charge < -0.3 is 14.4 Å². The molecule has 0 aliphatic heterocycles. The van der Waals surface area contributed by atoms with E-state index in [-0.39, 0.29) is 11.7 Å². The first-order valence-corrected chi connectivity index (χ1v) is 10.5. The highest BCUT2D eigenvalue weighted by Crippen LogP contribution is 2.29. The zero-order valence-electron chi connectivity index (χ0n) is 18.0. The predicted octanol–water partition coefficient (Wildman–Crippen LogP) is 5.86. The SMILES string of the molecule is CCCCN(Cc1ccc(OCc2ccccc2)c(OC)c1)C(=O)c1ccc(F)cc1. The molecule has 0 aliphatic rings. The average molecular weight is 422 g/mol.